The van der Waals surface area contributed by atoms with Crippen LogP contribution in [0.4, 0.5) is 24.5 Å². The number of nitro groups is 1. The van der Waals surface area contributed by atoms with Gasteiger partial charge in [-0.3, -0.25) is 14.9 Å². The number of hydrogen-bond donors (Lipinski definition) is 1. The van der Waals surface area contributed by atoms with Crippen LogP contribution in [0, 0.1) is 17.0 Å². The standard InChI is InChI=1S/C19H12ClF3N2O6/c1-9-12-6-10(20)2-5-15(12)31-17(9)18(27)30-8-16(26)24-14-4-3-11(25(28)29)7-13(14)19(21,22)23/h2-7H,8H2,1H3,(H,24,26). The lowest BCUT2D eigenvalue weighted by Gasteiger charge is -2.13. The van der Waals surface area contributed by atoms with Crippen molar-refractivity contribution in [3.8, 4) is 0 Å². The number of non-ortho nitro benzene ring substituents is 1. The van der Waals surface area contributed by atoms with Gasteiger partial charge in [-0.2, -0.15) is 13.2 Å². The van der Waals surface area contributed by atoms with Crippen molar-refractivity contribution in [2.45, 2.75) is 13.1 Å². The van der Waals surface area contributed by atoms with E-state index in [1.54, 1.807) is 25.1 Å². The van der Waals surface area contributed by atoms with Crippen LogP contribution in [0.1, 0.15) is 21.7 Å². The van der Waals surface area contributed by atoms with Crippen molar-refractivity contribution < 1.29 is 36.8 Å². The van der Waals surface area contributed by atoms with E-state index < -0.39 is 46.5 Å². The molecular weight excluding hydrogens is 445 g/mol. The van der Waals surface area contributed by atoms with Crippen LogP contribution in [-0.4, -0.2) is 23.4 Å². The minimum absolute atomic E-state index is 0.184. The van der Waals surface area contributed by atoms with Crippen molar-refractivity contribution in [3.05, 3.63) is 68.4 Å². The fourth-order valence-corrected chi connectivity index (χ4v) is 2.93. The zero-order chi connectivity index (χ0) is 22.9. The minimum Gasteiger partial charge on any atom is -0.450 e. The molecule has 0 aliphatic carbocycles. The van der Waals surface area contributed by atoms with Crippen LogP contribution in [0.15, 0.2) is 40.8 Å². The molecule has 0 spiro atoms. The Labute approximate surface area is 176 Å². The number of carbonyl (C=O) groups is 2. The van der Waals surface area contributed by atoms with Gasteiger partial charge >= 0.3 is 12.1 Å². The van der Waals surface area contributed by atoms with Gasteiger partial charge in [-0.15, -0.1) is 0 Å². The van der Waals surface area contributed by atoms with E-state index in [2.05, 4.69) is 0 Å². The first-order valence-electron chi connectivity index (χ1n) is 8.48. The van der Waals surface area contributed by atoms with E-state index in [4.69, 9.17) is 20.8 Å². The average molecular weight is 457 g/mol. The van der Waals surface area contributed by atoms with Crippen LogP contribution in [0.3, 0.4) is 0 Å². The Hall–Kier alpha value is -3.60. The van der Waals surface area contributed by atoms with Crippen molar-refractivity contribution >= 4 is 45.8 Å². The lowest BCUT2D eigenvalue weighted by molar-refractivity contribution is -0.385. The summed E-state index contributed by atoms with van der Waals surface area (Å²) in [6.45, 7) is 0.662. The van der Waals surface area contributed by atoms with Gasteiger partial charge in [0.15, 0.2) is 6.61 Å². The molecule has 0 unspecified atom stereocenters. The number of nitro benzene ring substituents is 1. The maximum Gasteiger partial charge on any atom is 0.418 e. The Morgan fingerprint density at radius 3 is 2.58 bits per heavy atom. The predicted octanol–water partition coefficient (Wildman–Crippen LogP) is 5.12. The second-order valence-corrected chi connectivity index (χ2v) is 6.74. The molecule has 0 saturated heterocycles. The molecule has 0 aliphatic rings. The maximum absolute atomic E-state index is 13.2. The normalized spacial score (nSPS) is 11.4. The monoisotopic (exact) mass is 456 g/mol. The molecule has 0 fully saturated rings. The summed E-state index contributed by atoms with van der Waals surface area (Å²) < 4.78 is 49.7. The number of fused-ring (bicyclic) bond motifs is 1. The van der Waals surface area contributed by atoms with E-state index in [1.165, 1.54) is 0 Å². The molecule has 162 valence electrons. The van der Waals surface area contributed by atoms with Gasteiger partial charge in [-0.1, -0.05) is 11.6 Å². The minimum atomic E-state index is -4.96. The van der Waals surface area contributed by atoms with Crippen LogP contribution in [-0.2, 0) is 15.7 Å². The van der Waals surface area contributed by atoms with Crippen LogP contribution in [0.5, 0.6) is 0 Å². The zero-order valence-electron chi connectivity index (χ0n) is 15.6. The number of carbonyl (C=O) groups excluding carboxylic acids is 2. The third-order valence-corrected chi connectivity index (χ3v) is 4.45. The Morgan fingerprint density at radius 1 is 1.23 bits per heavy atom. The highest BCUT2D eigenvalue weighted by Gasteiger charge is 2.35. The van der Waals surface area contributed by atoms with E-state index >= 15 is 0 Å². The van der Waals surface area contributed by atoms with E-state index in [1.807, 2.05) is 5.32 Å². The summed E-state index contributed by atoms with van der Waals surface area (Å²) in [4.78, 5) is 34.0. The summed E-state index contributed by atoms with van der Waals surface area (Å²) in [6.07, 6.45) is -4.96. The van der Waals surface area contributed by atoms with Gasteiger partial charge in [-0.25, -0.2) is 4.79 Å². The van der Waals surface area contributed by atoms with Gasteiger partial charge in [-0.05, 0) is 31.2 Å². The second kappa shape index (κ2) is 8.26. The number of hydrogen-bond acceptors (Lipinski definition) is 6. The van der Waals surface area contributed by atoms with E-state index in [0.717, 1.165) is 12.1 Å². The topological polar surface area (TPSA) is 112 Å². The summed E-state index contributed by atoms with van der Waals surface area (Å²) in [5.41, 5.74) is -2.14. The maximum atomic E-state index is 13.2. The van der Waals surface area contributed by atoms with Crippen LogP contribution in [0.2, 0.25) is 5.02 Å². The van der Waals surface area contributed by atoms with Gasteiger partial charge in [0.05, 0.1) is 16.2 Å². The van der Waals surface area contributed by atoms with Gasteiger partial charge in [0, 0.05) is 28.1 Å². The van der Waals surface area contributed by atoms with Crippen LogP contribution < -0.4 is 5.32 Å². The molecular formula is C19H12ClF3N2O6. The molecule has 1 N–H and O–H groups in total. The molecule has 12 heteroatoms. The lowest BCUT2D eigenvalue weighted by Crippen LogP contribution is -2.23. The fourth-order valence-electron chi connectivity index (χ4n) is 2.76. The third kappa shape index (κ3) is 4.77. The Balaban J connectivity index is 1.73. The molecule has 8 nitrogen and oxygen atoms in total. The predicted molar refractivity (Wildman–Crippen MR) is 103 cm³/mol. The Morgan fingerprint density at radius 2 is 1.94 bits per heavy atom. The summed E-state index contributed by atoms with van der Waals surface area (Å²) >= 11 is 5.90. The number of nitrogens with one attached hydrogen (secondary N) is 1. The molecule has 1 amide bonds. The number of esters is 1. The lowest BCUT2D eigenvalue weighted by atomic mass is 10.1. The number of benzene rings is 2. The number of nitrogens with zero attached hydrogens (tertiary/aromatic N) is 1. The molecule has 3 rings (SSSR count). The third-order valence-electron chi connectivity index (χ3n) is 4.21. The number of furan rings is 1. The summed E-state index contributed by atoms with van der Waals surface area (Å²) in [6, 6.07) is 6.52. The van der Waals surface area contributed by atoms with Gasteiger partial charge in [0.25, 0.3) is 11.6 Å². The van der Waals surface area contributed by atoms with Crippen LogP contribution >= 0.6 is 11.6 Å². The van der Waals surface area contributed by atoms with Crippen molar-refractivity contribution in [2.75, 3.05) is 11.9 Å². The Kier molecular flexibility index (Phi) is 5.89. The highest BCUT2D eigenvalue weighted by molar-refractivity contribution is 6.31. The first kappa shape index (κ1) is 22.1. The molecule has 2 aromatic carbocycles. The van der Waals surface area contributed by atoms with Gasteiger partial charge < -0.3 is 14.5 Å². The van der Waals surface area contributed by atoms with E-state index in [9.17, 15) is 32.9 Å². The molecule has 0 saturated carbocycles. The number of amides is 1. The van der Waals surface area contributed by atoms with E-state index in [0.29, 0.717) is 27.6 Å². The molecule has 1 aromatic heterocycles. The smallest absolute Gasteiger partial charge is 0.418 e. The number of rotatable bonds is 5. The molecule has 0 atom stereocenters. The molecule has 1 heterocycles. The van der Waals surface area contributed by atoms with Crippen molar-refractivity contribution in [1.29, 1.82) is 0 Å². The number of ether oxygens (including phenoxy) is 1. The number of aryl methyl sites for hydroxylation is 1. The second-order valence-electron chi connectivity index (χ2n) is 6.31. The van der Waals surface area contributed by atoms with Gasteiger partial charge in [0.1, 0.15) is 5.58 Å². The summed E-state index contributed by atoms with van der Waals surface area (Å²) in [5, 5.41) is 13.6. The molecule has 0 aliphatic heterocycles. The molecule has 0 bridgehead atoms. The average Bonchev–Trinajstić information content (AvgIpc) is 3.01. The van der Waals surface area contributed by atoms with Crippen molar-refractivity contribution in [3.63, 3.8) is 0 Å². The quantitative estimate of drug-likeness (QED) is 0.324. The largest absolute Gasteiger partial charge is 0.450 e. The highest BCUT2D eigenvalue weighted by Crippen LogP contribution is 2.37. The Bertz CT molecular complexity index is 1210. The summed E-state index contributed by atoms with van der Waals surface area (Å²) in [5.74, 6) is -2.26. The van der Waals surface area contributed by atoms with Gasteiger partial charge in [0.2, 0.25) is 5.76 Å². The first-order chi connectivity index (χ1) is 14.5. The molecule has 0 radical (unpaired) electrons. The number of halogens is 4. The molecule has 31 heavy (non-hydrogen) atoms. The van der Waals surface area contributed by atoms with Crippen molar-refractivity contribution in [1.82, 2.24) is 0 Å². The molecule has 3 aromatic rings. The van der Waals surface area contributed by atoms with Crippen molar-refractivity contribution in [2.24, 2.45) is 0 Å². The number of alkyl halides is 3. The zero-order valence-corrected chi connectivity index (χ0v) is 16.3. The number of anilines is 1. The highest BCUT2D eigenvalue weighted by atomic mass is 35.5. The SMILES string of the molecule is Cc1c(C(=O)OCC(=O)Nc2ccc([N+](=O)[O-])cc2C(F)(F)F)oc2ccc(Cl)cc12. The summed E-state index contributed by atoms with van der Waals surface area (Å²) in [7, 11) is 0. The first-order valence-corrected chi connectivity index (χ1v) is 8.86. The van der Waals surface area contributed by atoms with Crippen LogP contribution in [0.25, 0.3) is 11.0 Å². The van der Waals surface area contributed by atoms with E-state index in [-0.39, 0.29) is 5.76 Å². The fraction of sp³-hybridized carbons (Fsp3) is 0.158.